The van der Waals surface area contributed by atoms with Crippen LogP contribution in [0.5, 0.6) is 0 Å². The molecule has 6 nitrogen and oxygen atoms in total. The third-order valence-electron chi connectivity index (χ3n) is 4.30. The minimum Gasteiger partial charge on any atom is -0.507 e. The molecular weight excluding hydrogens is 388 g/mol. The Morgan fingerprint density at radius 1 is 1.00 bits per heavy atom. The van der Waals surface area contributed by atoms with Crippen molar-refractivity contribution in [2.24, 2.45) is 0 Å². The summed E-state index contributed by atoms with van der Waals surface area (Å²) in [5.74, 6) is -3.28. The molecule has 0 radical (unpaired) electrons. The van der Waals surface area contributed by atoms with E-state index in [0.29, 0.717) is 5.56 Å². The van der Waals surface area contributed by atoms with Gasteiger partial charge in [0.25, 0.3) is 5.78 Å². The Kier molecular flexibility index (Phi) is 4.44. The zero-order valence-corrected chi connectivity index (χ0v) is 14.9. The van der Waals surface area contributed by atoms with Gasteiger partial charge in [-0.3, -0.25) is 14.5 Å². The summed E-state index contributed by atoms with van der Waals surface area (Å²) in [5.41, 5.74) is 1.78. The van der Waals surface area contributed by atoms with E-state index < -0.39 is 35.1 Å². The predicted octanol–water partition coefficient (Wildman–Crippen LogP) is 3.44. The topological polar surface area (TPSA) is 83.4 Å². The van der Waals surface area contributed by atoms with Crippen molar-refractivity contribution in [2.75, 3.05) is 4.90 Å². The lowest BCUT2D eigenvalue weighted by Crippen LogP contribution is -2.29. The first-order valence-corrected chi connectivity index (χ1v) is 8.94. The summed E-state index contributed by atoms with van der Waals surface area (Å²) in [7, 11) is 0. The van der Waals surface area contributed by atoms with Crippen molar-refractivity contribution in [3.63, 3.8) is 0 Å². The van der Waals surface area contributed by atoms with Crippen LogP contribution < -0.4 is 4.90 Å². The Balaban J connectivity index is 1.93. The van der Waals surface area contributed by atoms with E-state index in [9.17, 15) is 23.5 Å². The molecule has 0 saturated carbocycles. The molecule has 1 N–H and O–H groups in total. The van der Waals surface area contributed by atoms with Gasteiger partial charge < -0.3 is 5.11 Å². The normalized spacial score (nSPS) is 18.6. The van der Waals surface area contributed by atoms with Gasteiger partial charge in [-0.05, 0) is 42.0 Å². The average molecular weight is 399 g/mol. The quantitative estimate of drug-likeness (QED) is 0.414. The molecule has 4 rings (SSSR count). The van der Waals surface area contributed by atoms with E-state index in [1.54, 1.807) is 0 Å². The number of Topliss-reactive ketones (excluding diaryl/α,β-unsaturated/α-hetero) is 1. The Labute approximate surface area is 161 Å². The summed E-state index contributed by atoms with van der Waals surface area (Å²) in [4.78, 5) is 26.5. The fraction of sp³-hybridized carbons (Fsp3) is 0.0526. The first-order chi connectivity index (χ1) is 13.5. The summed E-state index contributed by atoms with van der Waals surface area (Å²) < 4.78 is 26.6. The minimum absolute atomic E-state index is 0.162. The minimum atomic E-state index is -1.03. The maximum atomic E-state index is 13.4. The summed E-state index contributed by atoms with van der Waals surface area (Å²) in [5, 5.41) is 18.5. The lowest BCUT2D eigenvalue weighted by Gasteiger charge is -2.22. The summed E-state index contributed by atoms with van der Waals surface area (Å²) in [6.07, 6.45) is 0. The molecular formula is C19H11F2N3O3S. The van der Waals surface area contributed by atoms with Crippen molar-refractivity contribution in [1.82, 2.24) is 10.2 Å². The highest BCUT2D eigenvalue weighted by Crippen LogP contribution is 2.42. The van der Waals surface area contributed by atoms with E-state index in [4.69, 9.17) is 0 Å². The van der Waals surface area contributed by atoms with E-state index >= 15 is 0 Å². The Morgan fingerprint density at radius 2 is 1.61 bits per heavy atom. The lowest BCUT2D eigenvalue weighted by atomic mass is 9.95. The van der Waals surface area contributed by atoms with Gasteiger partial charge in [0, 0.05) is 5.56 Å². The third-order valence-corrected chi connectivity index (χ3v) is 4.99. The van der Waals surface area contributed by atoms with Gasteiger partial charge in [0.05, 0.1) is 11.6 Å². The van der Waals surface area contributed by atoms with Crippen molar-refractivity contribution in [2.45, 2.75) is 6.04 Å². The summed E-state index contributed by atoms with van der Waals surface area (Å²) in [6.45, 7) is 0. The highest BCUT2D eigenvalue weighted by Gasteiger charge is 2.48. The summed E-state index contributed by atoms with van der Waals surface area (Å²) in [6, 6.07) is 9.02. The number of benzene rings is 2. The number of hydrogen-bond acceptors (Lipinski definition) is 6. The predicted molar refractivity (Wildman–Crippen MR) is 97.5 cm³/mol. The summed E-state index contributed by atoms with van der Waals surface area (Å²) >= 11 is 1.04. The van der Waals surface area contributed by atoms with Gasteiger partial charge in [0.2, 0.25) is 5.13 Å². The van der Waals surface area contributed by atoms with Gasteiger partial charge in [-0.1, -0.05) is 23.5 Å². The lowest BCUT2D eigenvalue weighted by molar-refractivity contribution is -0.132. The van der Waals surface area contributed by atoms with Crippen LogP contribution in [0.4, 0.5) is 13.9 Å². The number of nitrogens with zero attached hydrogens (tertiary/aromatic N) is 3. The number of anilines is 1. The van der Waals surface area contributed by atoms with Gasteiger partial charge in [0.15, 0.2) is 0 Å². The number of aliphatic hydroxyl groups excluding tert-OH is 1. The number of carbonyl (C=O) groups excluding carboxylic acids is 2. The van der Waals surface area contributed by atoms with Crippen molar-refractivity contribution >= 4 is 33.9 Å². The van der Waals surface area contributed by atoms with E-state index in [1.807, 2.05) is 0 Å². The molecule has 1 fully saturated rings. The van der Waals surface area contributed by atoms with Crippen LogP contribution >= 0.6 is 11.3 Å². The number of aliphatic hydroxyl groups is 1. The molecule has 1 amide bonds. The number of halogens is 2. The van der Waals surface area contributed by atoms with Gasteiger partial charge in [-0.2, -0.15) is 0 Å². The molecule has 1 saturated heterocycles. The molecule has 2 heterocycles. The fourth-order valence-electron chi connectivity index (χ4n) is 3.03. The fourth-order valence-corrected chi connectivity index (χ4v) is 3.61. The third kappa shape index (κ3) is 2.95. The zero-order valence-electron chi connectivity index (χ0n) is 14.0. The molecule has 0 aliphatic carbocycles. The van der Waals surface area contributed by atoms with Gasteiger partial charge >= 0.3 is 5.91 Å². The highest BCUT2D eigenvalue weighted by atomic mass is 32.1. The van der Waals surface area contributed by atoms with Gasteiger partial charge in [-0.15, -0.1) is 10.2 Å². The van der Waals surface area contributed by atoms with E-state index in [0.717, 1.165) is 28.4 Å². The van der Waals surface area contributed by atoms with Crippen LogP contribution in [-0.2, 0) is 9.59 Å². The Bertz CT molecular complexity index is 1080. The van der Waals surface area contributed by atoms with E-state index in [1.165, 1.54) is 41.9 Å². The molecule has 1 aliphatic heterocycles. The smallest absolute Gasteiger partial charge is 0.301 e. The van der Waals surface area contributed by atoms with Crippen LogP contribution in [0.2, 0.25) is 0 Å². The van der Waals surface area contributed by atoms with Crippen LogP contribution in [0.1, 0.15) is 17.2 Å². The molecule has 1 aromatic heterocycles. The molecule has 2 aromatic carbocycles. The molecule has 9 heteroatoms. The number of amides is 1. The monoisotopic (exact) mass is 399 g/mol. The molecule has 3 aromatic rings. The standard InChI is InChI=1S/C19H11F2N3O3S/c20-12-5-1-10(2-6-12)15-14(16(25)11-3-7-13(21)8-4-11)17(26)18(27)24(15)19-23-22-9-28-19/h1-9,15,25H. The van der Waals surface area contributed by atoms with E-state index in [-0.39, 0.29) is 16.3 Å². The van der Waals surface area contributed by atoms with Crippen LogP contribution in [0, 0.1) is 11.6 Å². The number of ketones is 1. The molecule has 1 aliphatic rings. The second-order valence-electron chi connectivity index (χ2n) is 5.95. The first-order valence-electron chi connectivity index (χ1n) is 8.06. The van der Waals surface area contributed by atoms with Crippen LogP contribution in [0.15, 0.2) is 59.6 Å². The molecule has 1 unspecified atom stereocenters. The molecule has 28 heavy (non-hydrogen) atoms. The maximum Gasteiger partial charge on any atom is 0.301 e. The van der Waals surface area contributed by atoms with Gasteiger partial charge in [-0.25, -0.2) is 8.78 Å². The van der Waals surface area contributed by atoms with Crippen molar-refractivity contribution < 1.29 is 23.5 Å². The average Bonchev–Trinajstić information content (AvgIpc) is 3.30. The molecule has 140 valence electrons. The maximum absolute atomic E-state index is 13.4. The zero-order chi connectivity index (χ0) is 19.8. The number of aromatic nitrogens is 2. The van der Waals surface area contributed by atoms with Crippen LogP contribution in [0.3, 0.4) is 0 Å². The molecule has 0 spiro atoms. The number of hydrogen-bond donors (Lipinski definition) is 1. The van der Waals surface area contributed by atoms with Gasteiger partial charge in [0.1, 0.15) is 22.9 Å². The number of rotatable bonds is 3. The molecule has 0 bridgehead atoms. The highest BCUT2D eigenvalue weighted by molar-refractivity contribution is 7.13. The SMILES string of the molecule is O=C1C(=O)N(c2nncs2)C(c2ccc(F)cc2)C1=C(O)c1ccc(F)cc1. The second-order valence-corrected chi connectivity index (χ2v) is 6.76. The Hall–Kier alpha value is -3.46. The number of carbonyl (C=O) groups is 2. The first kappa shape index (κ1) is 17.9. The van der Waals surface area contributed by atoms with E-state index in [2.05, 4.69) is 10.2 Å². The Morgan fingerprint density at radius 3 is 2.18 bits per heavy atom. The second kappa shape index (κ2) is 6.93. The van der Waals surface area contributed by atoms with Crippen molar-refractivity contribution in [1.29, 1.82) is 0 Å². The largest absolute Gasteiger partial charge is 0.507 e. The molecule has 1 atom stereocenters. The van der Waals surface area contributed by atoms with Crippen LogP contribution in [0.25, 0.3) is 5.76 Å². The van der Waals surface area contributed by atoms with Crippen molar-refractivity contribution in [3.05, 3.63) is 82.4 Å². The van der Waals surface area contributed by atoms with Crippen LogP contribution in [-0.4, -0.2) is 27.0 Å². The van der Waals surface area contributed by atoms with Crippen molar-refractivity contribution in [3.8, 4) is 0 Å².